The van der Waals surface area contributed by atoms with Gasteiger partial charge in [0.05, 0.1) is 22.6 Å². The van der Waals surface area contributed by atoms with Crippen LogP contribution in [0, 0.1) is 5.82 Å². The monoisotopic (exact) mass is 610 g/mol. The van der Waals surface area contributed by atoms with E-state index in [2.05, 4.69) is 24.9 Å². The Morgan fingerprint density at radius 2 is 1.80 bits per heavy atom. The number of para-hydroxylation sites is 1. The second-order valence-electron chi connectivity index (χ2n) is 11.0. The molecule has 1 unspecified atom stereocenters. The molecule has 1 amide bonds. The number of likely N-dealkylation sites (tertiary alicyclic amines) is 1. The molecular formula is C33H31FN6O3S. The van der Waals surface area contributed by atoms with Crippen LogP contribution in [0.25, 0.3) is 5.70 Å². The Hall–Kier alpha value is -4.61. The smallest absolute Gasteiger partial charge is 0.254 e. The van der Waals surface area contributed by atoms with Crippen molar-refractivity contribution >= 4 is 40.0 Å². The Labute approximate surface area is 257 Å². The van der Waals surface area contributed by atoms with E-state index in [0.29, 0.717) is 45.5 Å². The quantitative estimate of drug-likeness (QED) is 0.267. The minimum atomic E-state index is -1.89. The van der Waals surface area contributed by atoms with Crippen molar-refractivity contribution in [2.45, 2.75) is 32.1 Å². The number of anilines is 3. The number of nitrogens with zero attached hydrogens (tertiary/aromatic N) is 4. The van der Waals surface area contributed by atoms with Crippen LogP contribution in [-0.2, 0) is 28.8 Å². The molecule has 7 rings (SSSR count). The molecule has 2 N–H and O–H groups in total. The number of hydrogen-bond acceptors (Lipinski definition) is 6. The molecule has 3 heterocycles. The maximum atomic E-state index is 15.1. The largest absolute Gasteiger partial charge is 0.454 e. The molecule has 0 bridgehead atoms. The average Bonchev–Trinajstić information content (AvgIpc) is 3.42. The van der Waals surface area contributed by atoms with Gasteiger partial charge in [-0.1, -0.05) is 36.8 Å². The minimum Gasteiger partial charge on any atom is -0.454 e. The van der Waals surface area contributed by atoms with Crippen molar-refractivity contribution in [2.75, 3.05) is 29.3 Å². The molecule has 9 nitrogen and oxygen atoms in total. The summed E-state index contributed by atoms with van der Waals surface area (Å²) in [7, 11) is 0. The van der Waals surface area contributed by atoms with Crippen molar-refractivity contribution in [3.63, 3.8) is 0 Å². The molecule has 224 valence electrons. The lowest BCUT2D eigenvalue weighted by Gasteiger charge is -2.30. The zero-order valence-corrected chi connectivity index (χ0v) is 24.8. The van der Waals surface area contributed by atoms with Gasteiger partial charge in [0.1, 0.15) is 12.1 Å². The van der Waals surface area contributed by atoms with Crippen LogP contribution >= 0.6 is 0 Å². The van der Waals surface area contributed by atoms with Crippen molar-refractivity contribution in [1.29, 1.82) is 0 Å². The Balaban J connectivity index is 1.08. The van der Waals surface area contributed by atoms with Gasteiger partial charge in [0.25, 0.3) is 5.91 Å². The van der Waals surface area contributed by atoms with Gasteiger partial charge in [-0.05, 0) is 74.3 Å². The molecule has 11 heteroatoms. The molecule has 0 spiro atoms. The molecule has 0 radical (unpaired) electrons. The number of halogens is 1. The van der Waals surface area contributed by atoms with Gasteiger partial charge in [0.15, 0.2) is 17.4 Å². The van der Waals surface area contributed by atoms with Crippen LogP contribution < -0.4 is 19.1 Å². The summed E-state index contributed by atoms with van der Waals surface area (Å²) < 4.78 is 38.6. The van der Waals surface area contributed by atoms with Gasteiger partial charge >= 0.3 is 0 Å². The predicted molar refractivity (Wildman–Crippen MR) is 168 cm³/mol. The van der Waals surface area contributed by atoms with E-state index < -0.39 is 17.0 Å². The molecular weight excluding hydrogens is 579 g/mol. The highest BCUT2D eigenvalue weighted by Gasteiger charge is 2.39. The number of benzene rings is 3. The predicted octanol–water partition coefficient (Wildman–Crippen LogP) is 5.66. The average molecular weight is 611 g/mol. The van der Waals surface area contributed by atoms with E-state index in [1.165, 1.54) is 60.7 Å². The van der Waals surface area contributed by atoms with Gasteiger partial charge < -0.3 is 15.0 Å². The number of hydrogen-bond donors (Lipinski definition) is 2. The second kappa shape index (κ2) is 12.2. The Morgan fingerprint density at radius 3 is 2.57 bits per heavy atom. The maximum absolute atomic E-state index is 15.1. The van der Waals surface area contributed by atoms with Crippen LogP contribution in [0.3, 0.4) is 0 Å². The third kappa shape index (κ3) is 5.68. The lowest BCUT2D eigenvalue weighted by molar-refractivity contribution is -0.112. The highest BCUT2D eigenvalue weighted by atomic mass is 32.2. The summed E-state index contributed by atoms with van der Waals surface area (Å²) in [6, 6.07) is 21.2. The fourth-order valence-electron chi connectivity index (χ4n) is 5.84. The van der Waals surface area contributed by atoms with E-state index in [9.17, 15) is 9.00 Å². The van der Waals surface area contributed by atoms with Gasteiger partial charge in [0.2, 0.25) is 11.2 Å². The summed E-state index contributed by atoms with van der Waals surface area (Å²) in [5, 5.41) is 2.98. The van der Waals surface area contributed by atoms with Crippen molar-refractivity contribution in [3.05, 3.63) is 107 Å². The number of aromatic nitrogens is 2. The van der Waals surface area contributed by atoms with E-state index in [-0.39, 0.29) is 18.1 Å². The lowest BCUT2D eigenvalue weighted by Crippen LogP contribution is -2.37. The third-order valence-corrected chi connectivity index (χ3v) is 9.22. The minimum absolute atomic E-state index is 0.0400. The van der Waals surface area contributed by atoms with Gasteiger partial charge in [0, 0.05) is 30.3 Å². The second-order valence-corrected chi connectivity index (χ2v) is 12.1. The zero-order chi connectivity index (χ0) is 30.0. The number of ether oxygens (including phenoxy) is 1. The number of nitrogens with one attached hydrogen (secondary N) is 2. The summed E-state index contributed by atoms with van der Waals surface area (Å²) in [5.41, 5.74) is 4.26. The van der Waals surface area contributed by atoms with Crippen molar-refractivity contribution < 1.29 is 18.1 Å². The topological polar surface area (TPSA) is 99.7 Å². The fourth-order valence-corrected chi connectivity index (χ4v) is 6.94. The Bertz CT molecular complexity index is 1760. The first-order chi connectivity index (χ1) is 21.5. The first kappa shape index (κ1) is 28.2. The SMILES string of the molecule is O=C(Nc1ccc(CCN2CCCCC2)cc1)C1=C2NS(=O)N(c3ccc(Oc4ccccc4)c(F)c3)c3ncnc(c32)C1. The number of rotatable bonds is 8. The standard InChI is InChI=1S/C33H31FN6O3S/c34-27-19-24(13-14-29(27)43-25-7-3-1-4-8-25)40-32-30-28(35-21-36-32)20-26(31(30)38-44(40)42)33(41)37-23-11-9-22(10-12-23)15-18-39-16-5-2-6-17-39/h1,3-4,7-14,19,21,38H,2,5-6,15-18,20H2,(H,37,41). The van der Waals surface area contributed by atoms with Gasteiger partial charge in [-0.3, -0.25) is 9.52 Å². The van der Waals surface area contributed by atoms with E-state index >= 15 is 4.39 Å². The summed E-state index contributed by atoms with van der Waals surface area (Å²) in [6.45, 7) is 3.38. The molecule has 1 aromatic heterocycles. The summed E-state index contributed by atoms with van der Waals surface area (Å²) in [4.78, 5) is 24.8. The summed E-state index contributed by atoms with van der Waals surface area (Å²) >= 11 is -1.89. The maximum Gasteiger partial charge on any atom is 0.254 e. The number of carbonyl (C=O) groups excluding carboxylic acids is 1. The molecule has 1 saturated heterocycles. The van der Waals surface area contributed by atoms with E-state index in [1.54, 1.807) is 30.3 Å². The number of carbonyl (C=O) groups is 1. The summed E-state index contributed by atoms with van der Waals surface area (Å²) in [6.07, 6.45) is 6.46. The van der Waals surface area contributed by atoms with Crippen molar-refractivity contribution in [3.8, 4) is 11.5 Å². The molecule has 3 aliphatic rings. The van der Waals surface area contributed by atoms with Gasteiger partial charge in [-0.25, -0.2) is 22.9 Å². The van der Waals surface area contributed by atoms with Crippen LogP contribution in [0.1, 0.15) is 36.1 Å². The summed E-state index contributed by atoms with van der Waals surface area (Å²) in [5.74, 6) is -0.0537. The normalized spacial score (nSPS) is 17.7. The van der Waals surface area contributed by atoms with E-state index in [1.807, 2.05) is 30.3 Å². The van der Waals surface area contributed by atoms with Gasteiger partial charge in [-0.2, -0.15) is 0 Å². The highest BCUT2D eigenvalue weighted by molar-refractivity contribution is 7.85. The third-order valence-electron chi connectivity index (χ3n) is 8.12. The Kier molecular flexibility index (Phi) is 7.80. The molecule has 2 aliphatic heterocycles. The van der Waals surface area contributed by atoms with Gasteiger partial charge in [-0.15, -0.1) is 0 Å². The van der Waals surface area contributed by atoms with Crippen molar-refractivity contribution in [1.82, 2.24) is 19.6 Å². The first-order valence-corrected chi connectivity index (χ1v) is 15.9. The molecule has 44 heavy (non-hydrogen) atoms. The van der Waals surface area contributed by atoms with Crippen LogP contribution in [-0.4, -0.2) is 44.6 Å². The molecule has 4 aromatic rings. The van der Waals surface area contributed by atoms with E-state index in [4.69, 9.17) is 4.74 Å². The molecule has 1 atom stereocenters. The lowest BCUT2D eigenvalue weighted by atomic mass is 10.1. The fraction of sp³-hybridized carbons (Fsp3) is 0.242. The van der Waals surface area contributed by atoms with Crippen molar-refractivity contribution in [2.24, 2.45) is 0 Å². The van der Waals surface area contributed by atoms with Crippen LogP contribution in [0.15, 0.2) is 84.7 Å². The molecule has 1 fully saturated rings. The molecule has 0 saturated carbocycles. The van der Waals surface area contributed by atoms with Crippen LogP contribution in [0.2, 0.25) is 0 Å². The van der Waals surface area contributed by atoms with Crippen LogP contribution in [0.4, 0.5) is 21.6 Å². The first-order valence-electron chi connectivity index (χ1n) is 14.7. The number of piperidine rings is 1. The zero-order valence-electron chi connectivity index (χ0n) is 24.0. The molecule has 1 aliphatic carbocycles. The number of amides is 1. The Morgan fingerprint density at radius 1 is 1.00 bits per heavy atom. The highest BCUT2D eigenvalue weighted by Crippen LogP contribution is 2.43. The molecule has 3 aromatic carbocycles. The van der Waals surface area contributed by atoms with E-state index in [0.717, 1.165) is 13.0 Å². The van der Waals surface area contributed by atoms with Crippen LogP contribution in [0.5, 0.6) is 11.5 Å².